The molecule has 0 unspecified atom stereocenters. The maximum absolute atomic E-state index is 13.4. The molecule has 1 heterocycles. The van der Waals surface area contributed by atoms with Crippen molar-refractivity contribution in [2.45, 2.75) is 25.8 Å². The monoisotopic (exact) mass is 291 g/mol. The van der Waals surface area contributed by atoms with Gasteiger partial charge in [0, 0.05) is 31.0 Å². The summed E-state index contributed by atoms with van der Waals surface area (Å²) in [5, 5.41) is 2.45. The van der Waals surface area contributed by atoms with Crippen LogP contribution in [-0.4, -0.2) is 5.91 Å². The summed E-state index contributed by atoms with van der Waals surface area (Å²) >= 11 is 0. The number of halogens is 2. The van der Waals surface area contributed by atoms with Gasteiger partial charge in [-0.15, -0.1) is 0 Å². The van der Waals surface area contributed by atoms with Gasteiger partial charge >= 0.3 is 0 Å². The molecule has 3 nitrogen and oxygen atoms in total. The molecule has 0 saturated heterocycles. The average molecular weight is 291 g/mol. The first-order chi connectivity index (χ1) is 10.1. The number of carbonyl (C=O) groups excluding carboxylic acids is 1. The van der Waals surface area contributed by atoms with Gasteiger partial charge < -0.3 is 5.32 Å². The van der Waals surface area contributed by atoms with Crippen LogP contribution in [0.5, 0.6) is 0 Å². The molecule has 0 saturated carbocycles. The van der Waals surface area contributed by atoms with Gasteiger partial charge in [-0.1, -0.05) is 6.07 Å². The number of aromatic nitrogens is 1. The molecule has 21 heavy (non-hydrogen) atoms. The van der Waals surface area contributed by atoms with E-state index in [1.165, 1.54) is 6.07 Å². The predicted molar refractivity (Wildman–Crippen MR) is 75.5 cm³/mol. The van der Waals surface area contributed by atoms with E-state index in [4.69, 9.17) is 0 Å². The molecule has 2 rings (SSSR count). The molecule has 1 aromatic carbocycles. The number of amides is 1. The Morgan fingerprint density at radius 2 is 1.86 bits per heavy atom. The number of benzene rings is 1. The molecule has 1 amide bonds. The van der Waals surface area contributed by atoms with Crippen molar-refractivity contribution in [1.29, 1.82) is 0 Å². The molecule has 0 aliphatic rings. The highest BCUT2D eigenvalue weighted by molar-refractivity contribution is 5.90. The second kappa shape index (κ2) is 7.47. The SMILES string of the molecule is O=C(CCCC[n+]1ccccc1)Nc1ccc(F)cc1F. The molecule has 5 heteroatoms. The molecular formula is C16H17F2N2O+. The zero-order chi connectivity index (χ0) is 15.1. The standard InChI is InChI=1S/C16H16F2N2O/c17-13-7-8-15(14(18)12-13)19-16(21)6-2-5-11-20-9-3-1-4-10-20/h1,3-4,7-10,12H,2,5-6,11H2/p+1. The third-order valence-corrected chi connectivity index (χ3v) is 3.05. The van der Waals surface area contributed by atoms with Crippen molar-refractivity contribution in [2.24, 2.45) is 0 Å². The van der Waals surface area contributed by atoms with E-state index in [0.717, 1.165) is 25.1 Å². The topological polar surface area (TPSA) is 33.0 Å². The van der Waals surface area contributed by atoms with Crippen molar-refractivity contribution in [1.82, 2.24) is 0 Å². The molecule has 1 N–H and O–H groups in total. The van der Waals surface area contributed by atoms with Gasteiger partial charge in [-0.25, -0.2) is 13.3 Å². The Morgan fingerprint density at radius 3 is 2.57 bits per heavy atom. The number of hydrogen-bond acceptors (Lipinski definition) is 1. The van der Waals surface area contributed by atoms with Crippen molar-refractivity contribution in [2.75, 3.05) is 5.32 Å². The van der Waals surface area contributed by atoms with E-state index in [1.807, 2.05) is 35.2 Å². The predicted octanol–water partition coefficient (Wildman–Crippen LogP) is 3.06. The first kappa shape index (κ1) is 15.1. The smallest absolute Gasteiger partial charge is 0.224 e. The van der Waals surface area contributed by atoms with Crippen LogP contribution in [-0.2, 0) is 11.3 Å². The summed E-state index contributed by atoms with van der Waals surface area (Å²) in [5.74, 6) is -1.69. The molecule has 0 spiro atoms. The Hall–Kier alpha value is -2.30. The minimum atomic E-state index is -0.761. The number of unbranched alkanes of at least 4 members (excludes halogenated alkanes) is 1. The van der Waals surface area contributed by atoms with Crippen LogP contribution in [0, 0.1) is 11.6 Å². The zero-order valence-corrected chi connectivity index (χ0v) is 11.6. The second-order valence-corrected chi connectivity index (χ2v) is 4.74. The van der Waals surface area contributed by atoms with Crippen molar-refractivity contribution >= 4 is 11.6 Å². The molecule has 1 aromatic heterocycles. The highest BCUT2D eigenvalue weighted by atomic mass is 19.1. The molecule has 110 valence electrons. The van der Waals surface area contributed by atoms with Crippen LogP contribution in [0.3, 0.4) is 0 Å². The number of pyridine rings is 1. The van der Waals surface area contributed by atoms with Crippen molar-refractivity contribution in [3.8, 4) is 0 Å². The highest BCUT2D eigenvalue weighted by Crippen LogP contribution is 2.15. The van der Waals surface area contributed by atoms with Gasteiger partial charge in [0.05, 0.1) is 5.69 Å². The molecular weight excluding hydrogens is 274 g/mol. The number of nitrogens with one attached hydrogen (secondary N) is 1. The first-order valence-electron chi connectivity index (χ1n) is 6.84. The van der Waals surface area contributed by atoms with Crippen LogP contribution >= 0.6 is 0 Å². The summed E-state index contributed by atoms with van der Waals surface area (Å²) in [6, 6.07) is 8.93. The molecule has 0 atom stereocenters. The summed E-state index contributed by atoms with van der Waals surface area (Å²) in [6.45, 7) is 0.832. The Bertz CT molecular complexity index is 602. The average Bonchev–Trinajstić information content (AvgIpc) is 2.48. The van der Waals surface area contributed by atoms with Gasteiger partial charge in [-0.2, -0.15) is 0 Å². The van der Waals surface area contributed by atoms with E-state index in [0.29, 0.717) is 12.8 Å². The summed E-state index contributed by atoms with van der Waals surface area (Å²) in [5.41, 5.74) is 0.0128. The summed E-state index contributed by atoms with van der Waals surface area (Å²) < 4.78 is 28.1. The number of anilines is 1. The van der Waals surface area contributed by atoms with Crippen LogP contribution < -0.4 is 9.88 Å². The number of carbonyl (C=O) groups is 1. The first-order valence-corrected chi connectivity index (χ1v) is 6.84. The maximum atomic E-state index is 13.4. The summed E-state index contributed by atoms with van der Waals surface area (Å²) in [7, 11) is 0. The van der Waals surface area contributed by atoms with Crippen LogP contribution in [0.1, 0.15) is 19.3 Å². The van der Waals surface area contributed by atoms with E-state index in [-0.39, 0.29) is 11.6 Å². The van der Waals surface area contributed by atoms with Crippen molar-refractivity contribution in [3.05, 3.63) is 60.4 Å². The molecule has 0 radical (unpaired) electrons. The molecule has 0 fully saturated rings. The van der Waals surface area contributed by atoms with Gasteiger partial charge in [0.15, 0.2) is 12.4 Å². The molecule has 0 aliphatic carbocycles. The number of nitrogens with zero attached hydrogens (tertiary/aromatic N) is 1. The van der Waals surface area contributed by atoms with E-state index in [9.17, 15) is 13.6 Å². The van der Waals surface area contributed by atoms with Crippen molar-refractivity contribution < 1.29 is 18.1 Å². The second-order valence-electron chi connectivity index (χ2n) is 4.74. The minimum Gasteiger partial charge on any atom is -0.324 e. The fourth-order valence-corrected chi connectivity index (χ4v) is 1.97. The molecule has 0 aliphatic heterocycles. The Labute approximate surface area is 122 Å². The number of aryl methyl sites for hydroxylation is 1. The third-order valence-electron chi connectivity index (χ3n) is 3.05. The van der Waals surface area contributed by atoms with E-state index in [2.05, 4.69) is 5.32 Å². The zero-order valence-electron chi connectivity index (χ0n) is 11.6. The number of hydrogen-bond donors (Lipinski definition) is 1. The Morgan fingerprint density at radius 1 is 1.10 bits per heavy atom. The normalized spacial score (nSPS) is 10.4. The van der Waals surface area contributed by atoms with E-state index in [1.54, 1.807) is 0 Å². The maximum Gasteiger partial charge on any atom is 0.224 e. The van der Waals surface area contributed by atoms with E-state index >= 15 is 0 Å². The quantitative estimate of drug-likeness (QED) is 0.644. The lowest BCUT2D eigenvalue weighted by Gasteiger charge is -2.06. The van der Waals surface area contributed by atoms with Gasteiger partial charge in [-0.3, -0.25) is 4.79 Å². The Kier molecular flexibility index (Phi) is 5.37. The highest BCUT2D eigenvalue weighted by Gasteiger charge is 2.08. The van der Waals surface area contributed by atoms with Crippen LogP contribution in [0.2, 0.25) is 0 Å². The van der Waals surface area contributed by atoms with Gasteiger partial charge in [-0.05, 0) is 18.6 Å². The minimum absolute atomic E-state index is 0.0128. The van der Waals surface area contributed by atoms with Gasteiger partial charge in [0.1, 0.15) is 18.2 Å². The summed E-state index contributed by atoms with van der Waals surface area (Å²) in [6.07, 6.45) is 5.80. The van der Waals surface area contributed by atoms with Crippen LogP contribution in [0.25, 0.3) is 0 Å². The third kappa shape index (κ3) is 4.95. The van der Waals surface area contributed by atoms with E-state index < -0.39 is 11.6 Å². The largest absolute Gasteiger partial charge is 0.324 e. The number of rotatable bonds is 6. The van der Waals surface area contributed by atoms with Gasteiger partial charge in [0.25, 0.3) is 0 Å². The van der Waals surface area contributed by atoms with Crippen LogP contribution in [0.15, 0.2) is 48.8 Å². The lowest BCUT2D eigenvalue weighted by Crippen LogP contribution is -2.32. The van der Waals surface area contributed by atoms with Crippen LogP contribution in [0.4, 0.5) is 14.5 Å². The van der Waals surface area contributed by atoms with Crippen molar-refractivity contribution in [3.63, 3.8) is 0 Å². The Balaban J connectivity index is 1.72. The fraction of sp³-hybridized carbons (Fsp3) is 0.250. The lowest BCUT2D eigenvalue weighted by atomic mass is 10.2. The summed E-state index contributed by atoms with van der Waals surface area (Å²) in [4.78, 5) is 11.7. The molecule has 2 aromatic rings. The fourth-order valence-electron chi connectivity index (χ4n) is 1.97. The lowest BCUT2D eigenvalue weighted by molar-refractivity contribution is -0.697. The van der Waals surface area contributed by atoms with Gasteiger partial charge in [0.2, 0.25) is 5.91 Å². The molecule has 0 bridgehead atoms.